The van der Waals surface area contributed by atoms with Crippen molar-refractivity contribution in [3.05, 3.63) is 90.1 Å². The number of aromatic nitrogens is 7. The molecule has 1 unspecified atom stereocenters. The smallest absolute Gasteiger partial charge is 0.252 e. The molecule has 1 atom stereocenters. The normalized spacial score (nSPS) is 16.0. The van der Waals surface area contributed by atoms with Gasteiger partial charge in [-0.2, -0.15) is 14.6 Å². The lowest BCUT2D eigenvalue weighted by atomic mass is 9.77. The Morgan fingerprint density at radius 1 is 1.07 bits per heavy atom. The molecule has 0 bridgehead atoms. The molecular formula is C29H27N9O3. The van der Waals surface area contributed by atoms with E-state index in [2.05, 4.69) is 30.5 Å². The van der Waals surface area contributed by atoms with E-state index in [1.807, 2.05) is 48.5 Å². The first-order valence-corrected chi connectivity index (χ1v) is 13.3. The average Bonchev–Trinajstić information content (AvgIpc) is 3.75. The molecule has 0 saturated heterocycles. The molecule has 1 fully saturated rings. The number of nitrogen functional groups attached to an aromatic ring is 1. The van der Waals surface area contributed by atoms with Crippen molar-refractivity contribution in [1.29, 1.82) is 0 Å². The molecule has 1 aliphatic rings. The van der Waals surface area contributed by atoms with Gasteiger partial charge in [0, 0.05) is 0 Å². The lowest BCUT2D eigenvalue weighted by Gasteiger charge is -2.36. The number of fused-ring (bicyclic) bond motifs is 3. The summed E-state index contributed by atoms with van der Waals surface area (Å²) in [6.45, 7) is 1.95. The molecule has 12 heteroatoms. The maximum Gasteiger partial charge on any atom is 0.252 e. The van der Waals surface area contributed by atoms with Crippen molar-refractivity contribution in [3.8, 4) is 11.6 Å². The molecule has 1 aromatic carbocycles. The fourth-order valence-corrected chi connectivity index (χ4v) is 5.31. The molecule has 6 aromatic rings. The fourth-order valence-electron chi connectivity index (χ4n) is 5.31. The number of hydrogen-bond donors (Lipinski definition) is 3. The van der Waals surface area contributed by atoms with Crippen LogP contribution in [0.15, 0.2) is 77.5 Å². The van der Waals surface area contributed by atoms with Gasteiger partial charge in [-0.05, 0) is 56.0 Å². The predicted octanol–water partition coefficient (Wildman–Crippen LogP) is 3.16. The third kappa shape index (κ3) is 3.94. The minimum Gasteiger partial charge on any atom is -0.461 e. The summed E-state index contributed by atoms with van der Waals surface area (Å²) in [4.78, 5) is 27.9. The van der Waals surface area contributed by atoms with Gasteiger partial charge in [-0.15, -0.1) is 5.10 Å². The summed E-state index contributed by atoms with van der Waals surface area (Å²) < 4.78 is 8.45. The Hall–Kier alpha value is -5.10. The summed E-state index contributed by atoms with van der Waals surface area (Å²) in [5.74, 6) is 0.615. The molecule has 12 nitrogen and oxygen atoms in total. The summed E-state index contributed by atoms with van der Waals surface area (Å²) in [7, 11) is 0. The number of furan rings is 1. The van der Waals surface area contributed by atoms with Gasteiger partial charge < -0.3 is 20.6 Å². The van der Waals surface area contributed by atoms with Crippen molar-refractivity contribution in [2.24, 2.45) is 0 Å². The summed E-state index contributed by atoms with van der Waals surface area (Å²) in [6, 6.07) is 18.4. The number of aliphatic hydroxyl groups is 1. The van der Waals surface area contributed by atoms with E-state index < -0.39 is 11.1 Å². The number of pyridine rings is 1. The maximum atomic E-state index is 14.1. The second kappa shape index (κ2) is 9.24. The second-order valence-electron chi connectivity index (χ2n) is 10.4. The van der Waals surface area contributed by atoms with E-state index >= 15 is 0 Å². The zero-order valence-electron chi connectivity index (χ0n) is 22.2. The molecule has 1 saturated carbocycles. The van der Waals surface area contributed by atoms with E-state index in [4.69, 9.17) is 10.2 Å². The largest absolute Gasteiger partial charge is 0.461 e. The van der Waals surface area contributed by atoms with Crippen molar-refractivity contribution >= 4 is 28.5 Å². The minimum atomic E-state index is -1.31. The van der Waals surface area contributed by atoms with Crippen molar-refractivity contribution in [1.82, 2.24) is 39.7 Å². The second-order valence-corrected chi connectivity index (χ2v) is 10.4. The zero-order valence-corrected chi connectivity index (χ0v) is 22.2. The molecule has 41 heavy (non-hydrogen) atoms. The number of rotatable bonds is 7. The van der Waals surface area contributed by atoms with Crippen LogP contribution in [0.4, 0.5) is 5.95 Å². The number of carbonyl (C=O) groups is 1. The standard InChI is InChI=1S/C29H27N9O3/c1-28(18-8-3-2-4-9-18,26(39)31-16-19-10-5-12-22(33-19)29(40)13-7-14-29)38-25-20(17-32-38)24-34-23(21-11-6-15-41-21)36-37(24)27(30)35-25/h2-6,8-12,15,17,40H,7,13-14,16H2,1H3,(H2,30,35)(H,31,39). The van der Waals surface area contributed by atoms with Gasteiger partial charge in [0.15, 0.2) is 22.6 Å². The van der Waals surface area contributed by atoms with Crippen LogP contribution in [0.5, 0.6) is 0 Å². The Labute approximate surface area is 233 Å². The third-order valence-electron chi connectivity index (χ3n) is 7.87. The van der Waals surface area contributed by atoms with Crippen LogP contribution in [-0.4, -0.2) is 45.4 Å². The molecular weight excluding hydrogens is 522 g/mol. The van der Waals surface area contributed by atoms with Crippen molar-refractivity contribution < 1.29 is 14.3 Å². The Kier molecular flexibility index (Phi) is 5.61. The topological polar surface area (TPSA) is 162 Å². The van der Waals surface area contributed by atoms with Crippen LogP contribution in [-0.2, 0) is 22.5 Å². The number of anilines is 1. The molecule has 0 aliphatic heterocycles. The van der Waals surface area contributed by atoms with Crippen LogP contribution in [0.3, 0.4) is 0 Å². The molecule has 1 aliphatic carbocycles. The first-order valence-electron chi connectivity index (χ1n) is 13.3. The van der Waals surface area contributed by atoms with Crippen molar-refractivity contribution in [3.63, 3.8) is 0 Å². The highest BCUT2D eigenvalue weighted by Gasteiger charge is 2.41. The number of benzene rings is 1. The summed E-state index contributed by atoms with van der Waals surface area (Å²) in [6.07, 6.45) is 5.49. The molecule has 5 aromatic heterocycles. The number of nitrogens with one attached hydrogen (secondary N) is 1. The summed E-state index contributed by atoms with van der Waals surface area (Å²) in [5.41, 5.74) is 6.92. The van der Waals surface area contributed by atoms with Gasteiger partial charge in [0.05, 0.1) is 35.8 Å². The lowest BCUT2D eigenvalue weighted by Crippen LogP contribution is -2.48. The molecule has 0 spiro atoms. The Morgan fingerprint density at radius 3 is 2.63 bits per heavy atom. The number of nitrogens with two attached hydrogens (primary N) is 1. The summed E-state index contributed by atoms with van der Waals surface area (Å²) in [5, 5.41) is 23.4. The van der Waals surface area contributed by atoms with Crippen LogP contribution in [0, 0.1) is 0 Å². The number of nitrogens with zero attached hydrogens (tertiary/aromatic N) is 7. The number of carbonyl (C=O) groups excluding carboxylic acids is 1. The number of amides is 1. The quantitative estimate of drug-likeness (QED) is 0.271. The van der Waals surface area contributed by atoms with E-state index in [-0.39, 0.29) is 18.4 Å². The van der Waals surface area contributed by atoms with E-state index in [0.29, 0.717) is 58.1 Å². The molecule has 7 rings (SSSR count). The first-order chi connectivity index (χ1) is 19.9. The van der Waals surface area contributed by atoms with Gasteiger partial charge in [-0.1, -0.05) is 36.4 Å². The molecule has 1 amide bonds. The Bertz CT molecular complexity index is 1890. The van der Waals surface area contributed by atoms with Crippen LogP contribution in [0.2, 0.25) is 0 Å². The van der Waals surface area contributed by atoms with Crippen LogP contribution in [0.25, 0.3) is 28.3 Å². The lowest BCUT2D eigenvalue weighted by molar-refractivity contribution is -0.127. The SMILES string of the molecule is CC(C(=O)NCc1cccc(C2(O)CCC2)n1)(c1ccccc1)n1ncc2c1nc(N)n1nc(-c3ccco3)nc21. The highest BCUT2D eigenvalue weighted by molar-refractivity contribution is 5.94. The molecule has 206 valence electrons. The van der Waals surface area contributed by atoms with Gasteiger partial charge >= 0.3 is 0 Å². The van der Waals surface area contributed by atoms with Gasteiger partial charge in [0.1, 0.15) is 5.60 Å². The van der Waals surface area contributed by atoms with E-state index in [1.54, 1.807) is 36.2 Å². The maximum absolute atomic E-state index is 14.1. The van der Waals surface area contributed by atoms with Gasteiger partial charge in [0.25, 0.3) is 5.91 Å². The van der Waals surface area contributed by atoms with E-state index in [1.165, 1.54) is 4.52 Å². The Morgan fingerprint density at radius 2 is 1.90 bits per heavy atom. The monoisotopic (exact) mass is 549 g/mol. The third-order valence-corrected chi connectivity index (χ3v) is 7.87. The highest BCUT2D eigenvalue weighted by Crippen LogP contribution is 2.40. The average molecular weight is 550 g/mol. The van der Waals surface area contributed by atoms with Gasteiger partial charge in [-0.25, -0.2) is 9.67 Å². The predicted molar refractivity (Wildman–Crippen MR) is 149 cm³/mol. The van der Waals surface area contributed by atoms with Crippen LogP contribution < -0.4 is 11.1 Å². The van der Waals surface area contributed by atoms with Crippen molar-refractivity contribution in [2.45, 2.75) is 43.9 Å². The highest BCUT2D eigenvalue weighted by atomic mass is 16.3. The number of hydrogen-bond acceptors (Lipinski definition) is 9. The van der Waals surface area contributed by atoms with E-state index in [0.717, 1.165) is 6.42 Å². The molecule has 0 radical (unpaired) electrons. The first kappa shape index (κ1) is 24.9. The summed E-state index contributed by atoms with van der Waals surface area (Å²) >= 11 is 0. The van der Waals surface area contributed by atoms with Crippen molar-refractivity contribution in [2.75, 3.05) is 5.73 Å². The molecule has 4 N–H and O–H groups in total. The molecule has 5 heterocycles. The minimum absolute atomic E-state index is 0.0883. The van der Waals surface area contributed by atoms with Crippen LogP contribution in [0.1, 0.15) is 43.1 Å². The van der Waals surface area contributed by atoms with Gasteiger partial charge in [-0.3, -0.25) is 9.78 Å². The van der Waals surface area contributed by atoms with Crippen LogP contribution >= 0.6 is 0 Å². The van der Waals surface area contributed by atoms with Gasteiger partial charge in [0.2, 0.25) is 11.8 Å². The zero-order chi connectivity index (χ0) is 28.2. The Balaban J connectivity index is 1.29. The fraction of sp³-hybridized carbons (Fsp3) is 0.241. The van der Waals surface area contributed by atoms with E-state index in [9.17, 15) is 9.90 Å².